The minimum Gasteiger partial charge on any atom is -0.481 e. The number of aldehydes is 1. The molecule has 3 fully saturated rings. The highest BCUT2D eigenvalue weighted by Crippen LogP contribution is 2.60. The molecule has 11 atom stereocenters. The lowest BCUT2D eigenvalue weighted by atomic mass is 9.57. The summed E-state index contributed by atoms with van der Waals surface area (Å²) >= 11 is 0. The number of carbonyl (C=O) groups excluding carboxylic acids is 3. The number of rotatable bonds is 15. The van der Waals surface area contributed by atoms with Gasteiger partial charge in [0.15, 0.2) is 11.2 Å². The summed E-state index contributed by atoms with van der Waals surface area (Å²) in [4.78, 5) is 58.5. The van der Waals surface area contributed by atoms with Gasteiger partial charge in [0.2, 0.25) is 5.91 Å². The van der Waals surface area contributed by atoms with Crippen molar-refractivity contribution in [2.75, 3.05) is 45.7 Å². The standard InChI is InChI=1S/C59H74N4O11S2/c1-4-35(15-18-64)55(70)74-57(2)42(32-67)21-40-33-75-76-49-23-39(30-65)53(61-3)45-29-63(54(45)49)51(69)24-38-28-62-50(60)25-44(38)52(40)59(57)27-37-20-36-22-46(56(71)72-47(36)26-48(37)73-59)58(16-9-6-10-17-58)41(31-66)13-14-43(68)19-34-11-7-5-8-12-34/h4-5,7-8,11-12,20-22,25-26,30,39,41-43,45,49,52-54,61-62,64,66-68H,6,9-10,13-19,23-24,27-29,31-33,60H2,1-3H3. The summed E-state index contributed by atoms with van der Waals surface area (Å²) in [6, 6.07) is 15.4. The zero-order chi connectivity index (χ0) is 53.5. The molecule has 3 aliphatic carbocycles. The average Bonchev–Trinajstić information content (AvgIpc) is 3.89. The Labute approximate surface area is 452 Å². The first kappa shape index (κ1) is 54.5. The van der Waals surface area contributed by atoms with Gasteiger partial charge in [-0.25, -0.2) is 9.59 Å². The van der Waals surface area contributed by atoms with Gasteiger partial charge in [-0.15, -0.1) is 0 Å². The summed E-state index contributed by atoms with van der Waals surface area (Å²) < 4.78 is 20.7. The molecule has 4 aliphatic heterocycles. The number of esters is 1. The summed E-state index contributed by atoms with van der Waals surface area (Å²) in [5, 5.41) is 51.3. The molecule has 17 heteroatoms. The van der Waals surface area contributed by atoms with Gasteiger partial charge in [0, 0.05) is 102 Å². The van der Waals surface area contributed by atoms with Gasteiger partial charge in [0.25, 0.3) is 0 Å². The highest BCUT2D eigenvalue weighted by atomic mass is 33.1. The van der Waals surface area contributed by atoms with Crippen molar-refractivity contribution in [2.24, 2.45) is 35.3 Å². The normalized spacial score (nSPS) is 30.9. The van der Waals surface area contributed by atoms with Crippen LogP contribution in [0.4, 0.5) is 0 Å². The van der Waals surface area contributed by atoms with Crippen LogP contribution >= 0.6 is 21.6 Å². The Bertz CT molecular complexity index is 2880. The van der Waals surface area contributed by atoms with Crippen molar-refractivity contribution >= 4 is 50.7 Å². The monoisotopic (exact) mass is 1080 g/mol. The van der Waals surface area contributed by atoms with Crippen LogP contribution in [0.1, 0.15) is 94.7 Å². The van der Waals surface area contributed by atoms with E-state index < -0.39 is 52.8 Å². The first-order chi connectivity index (χ1) is 36.7. The molecule has 1 saturated heterocycles. The maximum atomic E-state index is 14.8. The number of aliphatic hydroxyl groups is 4. The van der Waals surface area contributed by atoms with Gasteiger partial charge in [-0.05, 0) is 106 Å². The highest BCUT2D eigenvalue weighted by Gasteiger charge is 2.67. The molecule has 0 radical (unpaired) electrons. The molecule has 2 saturated carbocycles. The number of dihydropyridines is 1. The summed E-state index contributed by atoms with van der Waals surface area (Å²) in [6.07, 6.45) is 12.4. The summed E-state index contributed by atoms with van der Waals surface area (Å²) in [5.41, 5.74) is 7.70. The van der Waals surface area contributed by atoms with Gasteiger partial charge in [-0.1, -0.05) is 88.9 Å². The SMILES string of the molecule is CC=C(CCO)C(=O)OC1(C)C(CO)C=C2CSSC3CC(C=O)C(NC)C4CN(C(=O)CC5=C(C=C(N)NC5)C2C12Cc1cc5cc(C6(C(CO)CCC(O)Cc7ccccc7)CCCCC6)c(=O)oc5cc1O2)C34. The Balaban J connectivity index is 1.08. The first-order valence-corrected chi connectivity index (χ1v) is 29.7. The third-order valence-electron chi connectivity index (χ3n) is 18.6. The second kappa shape index (κ2) is 22.5. The molecule has 0 bridgehead atoms. The van der Waals surface area contributed by atoms with Crippen LogP contribution < -0.4 is 26.7 Å². The molecule has 408 valence electrons. The Morgan fingerprint density at radius 2 is 1.88 bits per heavy atom. The number of hydrogen-bond donors (Lipinski definition) is 7. The number of nitrogens with two attached hydrogens (primary N) is 1. The number of nitrogens with zero attached hydrogens (tertiary/aromatic N) is 1. The Morgan fingerprint density at radius 3 is 2.59 bits per heavy atom. The van der Waals surface area contributed by atoms with Crippen LogP contribution in [0.5, 0.6) is 5.75 Å². The minimum atomic E-state index is -1.61. The van der Waals surface area contributed by atoms with E-state index in [-0.39, 0.29) is 85.6 Å². The van der Waals surface area contributed by atoms with Gasteiger partial charge >= 0.3 is 11.6 Å². The van der Waals surface area contributed by atoms with Crippen molar-refractivity contribution in [1.29, 1.82) is 0 Å². The van der Waals surface area contributed by atoms with Crippen LogP contribution in [-0.4, -0.2) is 124 Å². The zero-order valence-electron chi connectivity index (χ0n) is 43.8. The maximum absolute atomic E-state index is 14.8. The van der Waals surface area contributed by atoms with Gasteiger partial charge in [0.1, 0.15) is 17.6 Å². The number of benzene rings is 2. The van der Waals surface area contributed by atoms with Crippen LogP contribution in [0, 0.1) is 29.6 Å². The summed E-state index contributed by atoms with van der Waals surface area (Å²) in [6.45, 7) is 3.46. The van der Waals surface area contributed by atoms with E-state index in [1.807, 2.05) is 66.6 Å². The number of fused-ring (bicyclic) bond motifs is 5. The molecule has 1 amide bonds. The number of hydrogen-bond acceptors (Lipinski definition) is 16. The Hall–Kier alpha value is -4.88. The predicted octanol–water partition coefficient (Wildman–Crippen LogP) is 5.94. The number of carbonyl (C=O) groups is 3. The summed E-state index contributed by atoms with van der Waals surface area (Å²) in [7, 11) is 5.21. The fraction of sp³-hybridized carbons (Fsp3) is 0.559. The van der Waals surface area contributed by atoms with Crippen LogP contribution in [0.15, 0.2) is 104 Å². The van der Waals surface area contributed by atoms with Crippen molar-refractivity contribution in [2.45, 2.75) is 131 Å². The lowest BCUT2D eigenvalue weighted by Crippen LogP contribution is -2.71. The molecule has 1 aromatic heterocycles. The molecule has 1 spiro atoms. The molecule has 10 rings (SSSR count). The minimum absolute atomic E-state index is 0.0202. The summed E-state index contributed by atoms with van der Waals surface area (Å²) in [5.74, 6) is -1.35. The van der Waals surface area contributed by atoms with E-state index in [0.717, 1.165) is 53.4 Å². The second-order valence-corrected chi connectivity index (χ2v) is 25.1. The van der Waals surface area contributed by atoms with Crippen LogP contribution in [0.2, 0.25) is 0 Å². The van der Waals surface area contributed by atoms with Crippen molar-refractivity contribution in [3.05, 3.63) is 122 Å². The van der Waals surface area contributed by atoms with E-state index in [1.165, 1.54) is 0 Å². The number of aliphatic hydroxyl groups excluding tert-OH is 4. The lowest BCUT2D eigenvalue weighted by molar-refractivity contribution is -0.202. The maximum Gasteiger partial charge on any atom is 0.340 e. The van der Waals surface area contributed by atoms with Crippen molar-refractivity contribution in [3.63, 3.8) is 0 Å². The van der Waals surface area contributed by atoms with Crippen molar-refractivity contribution in [3.8, 4) is 5.75 Å². The van der Waals surface area contributed by atoms with Crippen molar-refractivity contribution < 1.29 is 48.7 Å². The van der Waals surface area contributed by atoms with Crippen LogP contribution in [0.25, 0.3) is 11.0 Å². The van der Waals surface area contributed by atoms with E-state index in [1.54, 1.807) is 47.6 Å². The molecule has 2 aromatic carbocycles. The molecule has 15 nitrogen and oxygen atoms in total. The molecule has 3 aromatic rings. The van der Waals surface area contributed by atoms with E-state index >= 15 is 0 Å². The quantitative estimate of drug-likeness (QED) is 0.0233. The third-order valence-corrected chi connectivity index (χ3v) is 21.4. The second-order valence-electron chi connectivity index (χ2n) is 22.5. The van der Waals surface area contributed by atoms with Gasteiger partial charge in [0.05, 0.1) is 36.9 Å². The van der Waals surface area contributed by atoms with E-state index in [4.69, 9.17) is 19.6 Å². The van der Waals surface area contributed by atoms with Crippen LogP contribution in [-0.2, 0) is 37.4 Å². The average molecular weight is 1080 g/mol. The fourth-order valence-corrected chi connectivity index (χ4v) is 17.7. The molecule has 7 aliphatic rings. The van der Waals surface area contributed by atoms with Gasteiger partial charge < -0.3 is 60.4 Å². The first-order valence-electron chi connectivity index (χ1n) is 27.3. The van der Waals surface area contributed by atoms with E-state index in [2.05, 4.69) is 10.6 Å². The molecule has 5 heterocycles. The number of ether oxygens (including phenoxy) is 2. The largest absolute Gasteiger partial charge is 0.481 e. The molecule has 76 heavy (non-hydrogen) atoms. The Kier molecular flexibility index (Phi) is 16.1. The topological polar surface area (TPSA) is 234 Å². The molecule has 8 N–H and O–H groups in total. The fourth-order valence-electron chi connectivity index (χ4n) is 14.6. The van der Waals surface area contributed by atoms with E-state index in [0.29, 0.717) is 78.9 Å². The number of amides is 1. The van der Waals surface area contributed by atoms with Gasteiger partial charge in [-0.3, -0.25) is 4.79 Å². The zero-order valence-corrected chi connectivity index (χ0v) is 45.5. The van der Waals surface area contributed by atoms with Crippen molar-refractivity contribution in [1.82, 2.24) is 15.5 Å². The number of nitrogens with one attached hydrogen (secondary N) is 2. The third kappa shape index (κ3) is 9.67. The van der Waals surface area contributed by atoms with Crippen LogP contribution in [0.3, 0.4) is 0 Å². The Morgan fingerprint density at radius 1 is 1.09 bits per heavy atom. The predicted molar refractivity (Wildman–Crippen MR) is 294 cm³/mol. The lowest BCUT2D eigenvalue weighted by Gasteiger charge is -2.59. The molecule has 11 unspecified atom stereocenters. The highest BCUT2D eigenvalue weighted by molar-refractivity contribution is 8.77. The molecular formula is C59H74N4O11S2. The smallest absolute Gasteiger partial charge is 0.340 e. The van der Waals surface area contributed by atoms with E-state index in [9.17, 15) is 39.6 Å². The number of allylic oxidation sites excluding steroid dienone is 2. The molecular weight excluding hydrogens is 1000 g/mol. The van der Waals surface area contributed by atoms with Gasteiger partial charge in [-0.2, -0.15) is 0 Å².